The fraction of sp³-hybridized carbons (Fsp3) is 0.133. The van der Waals surface area contributed by atoms with Gasteiger partial charge in [0.2, 0.25) is 0 Å². The lowest BCUT2D eigenvalue weighted by Crippen LogP contribution is -2.18. The van der Waals surface area contributed by atoms with Crippen LogP contribution in [-0.2, 0) is 0 Å². The molecular formula is C15H16O5. The van der Waals surface area contributed by atoms with E-state index < -0.39 is 12.4 Å². The molecule has 0 aromatic heterocycles. The van der Waals surface area contributed by atoms with Crippen LogP contribution in [0.1, 0.15) is 17.0 Å². The first-order valence-electron chi connectivity index (χ1n) is 5.90. The van der Waals surface area contributed by atoms with Crippen LogP contribution in [0.2, 0.25) is 0 Å². The maximum Gasteiger partial charge on any atom is 0.503 e. The van der Waals surface area contributed by atoms with E-state index in [1.807, 2.05) is 60.7 Å². The number of aliphatic hydroxyl groups is 2. The van der Waals surface area contributed by atoms with Gasteiger partial charge in [-0.15, -0.1) is 0 Å². The van der Waals surface area contributed by atoms with Gasteiger partial charge in [0.25, 0.3) is 0 Å². The minimum absolute atomic E-state index is 0.387. The van der Waals surface area contributed by atoms with Gasteiger partial charge in [-0.25, -0.2) is 4.79 Å². The average molecular weight is 276 g/mol. The smallest absolute Gasteiger partial charge is 0.450 e. The Labute approximate surface area is 116 Å². The van der Waals surface area contributed by atoms with E-state index in [0.29, 0.717) is 0 Å². The van der Waals surface area contributed by atoms with E-state index in [-0.39, 0.29) is 5.92 Å². The van der Waals surface area contributed by atoms with Gasteiger partial charge in [0.15, 0.2) is 6.29 Å². The zero-order valence-corrected chi connectivity index (χ0v) is 10.6. The van der Waals surface area contributed by atoms with E-state index >= 15 is 0 Å². The summed E-state index contributed by atoms with van der Waals surface area (Å²) in [6.45, 7) is 0. The predicted molar refractivity (Wildman–Crippen MR) is 73.6 cm³/mol. The number of aliphatic hydroxyl groups excluding tert-OH is 1. The van der Waals surface area contributed by atoms with Crippen molar-refractivity contribution in [2.75, 3.05) is 0 Å². The minimum atomic E-state index is -1.83. The van der Waals surface area contributed by atoms with Gasteiger partial charge >= 0.3 is 6.16 Å². The average Bonchev–Trinajstić information content (AvgIpc) is 2.40. The summed E-state index contributed by atoms with van der Waals surface area (Å²) in [5, 5.41) is 32.9. The standard InChI is InChI=1S/C14H14O2.CH2O3/c15-14(16)13(11-7-3-1-4-8-11)12-9-5-2-6-10-12;2-1(3)4/h1-10,13-16H;(H2,2,3,4). The quantitative estimate of drug-likeness (QED) is 0.645. The van der Waals surface area contributed by atoms with Crippen LogP contribution < -0.4 is 0 Å². The number of rotatable bonds is 3. The van der Waals surface area contributed by atoms with E-state index in [9.17, 15) is 10.2 Å². The van der Waals surface area contributed by atoms with Crippen molar-refractivity contribution in [2.45, 2.75) is 12.2 Å². The summed E-state index contributed by atoms with van der Waals surface area (Å²) in [6.07, 6.45) is -3.22. The summed E-state index contributed by atoms with van der Waals surface area (Å²) in [5.74, 6) is -0.387. The first-order valence-corrected chi connectivity index (χ1v) is 5.90. The normalized spacial score (nSPS) is 10.0. The van der Waals surface area contributed by atoms with Gasteiger partial charge in [-0.2, -0.15) is 0 Å². The highest BCUT2D eigenvalue weighted by Gasteiger charge is 2.20. The number of hydrogen-bond donors (Lipinski definition) is 4. The van der Waals surface area contributed by atoms with Crippen LogP contribution in [0.5, 0.6) is 0 Å². The third-order valence-corrected chi connectivity index (χ3v) is 2.62. The number of carboxylic acid groups (broad SMARTS) is 2. The molecule has 0 unspecified atom stereocenters. The molecular weight excluding hydrogens is 260 g/mol. The van der Waals surface area contributed by atoms with E-state index in [1.165, 1.54) is 0 Å². The molecule has 2 aromatic rings. The van der Waals surface area contributed by atoms with Gasteiger partial charge in [0, 0.05) is 0 Å². The monoisotopic (exact) mass is 276 g/mol. The molecule has 5 heteroatoms. The summed E-state index contributed by atoms with van der Waals surface area (Å²) >= 11 is 0. The van der Waals surface area contributed by atoms with E-state index in [1.54, 1.807) is 0 Å². The molecule has 0 saturated carbocycles. The van der Waals surface area contributed by atoms with Gasteiger partial charge in [-0.3, -0.25) is 0 Å². The molecule has 2 aromatic carbocycles. The van der Waals surface area contributed by atoms with Crippen molar-refractivity contribution in [1.29, 1.82) is 0 Å². The third-order valence-electron chi connectivity index (χ3n) is 2.62. The van der Waals surface area contributed by atoms with Gasteiger partial charge in [-0.1, -0.05) is 60.7 Å². The van der Waals surface area contributed by atoms with Gasteiger partial charge in [-0.05, 0) is 11.1 Å². The molecule has 0 aliphatic heterocycles. The molecule has 4 N–H and O–H groups in total. The highest BCUT2D eigenvalue weighted by molar-refractivity contribution is 5.53. The molecule has 106 valence electrons. The molecule has 5 nitrogen and oxygen atoms in total. The Balaban J connectivity index is 0.000000444. The molecule has 0 bridgehead atoms. The summed E-state index contributed by atoms with van der Waals surface area (Å²) in [6, 6.07) is 19.0. The van der Waals surface area contributed by atoms with Crippen LogP contribution in [0.25, 0.3) is 0 Å². The van der Waals surface area contributed by atoms with Gasteiger partial charge in [0.1, 0.15) is 0 Å². The van der Waals surface area contributed by atoms with Crippen LogP contribution in [0.3, 0.4) is 0 Å². The van der Waals surface area contributed by atoms with Crippen molar-refractivity contribution in [2.24, 2.45) is 0 Å². The minimum Gasteiger partial charge on any atom is -0.450 e. The number of hydrogen-bond acceptors (Lipinski definition) is 3. The Morgan fingerprint density at radius 3 is 1.30 bits per heavy atom. The Bertz CT molecular complexity index is 467. The second-order valence-corrected chi connectivity index (χ2v) is 4.00. The fourth-order valence-corrected chi connectivity index (χ4v) is 1.86. The molecule has 0 saturated heterocycles. The van der Waals surface area contributed by atoms with Crippen LogP contribution in [0, 0.1) is 0 Å². The SMILES string of the molecule is O=C(O)O.OC(O)C(c1ccccc1)c1ccccc1. The molecule has 0 heterocycles. The van der Waals surface area contributed by atoms with Crippen molar-refractivity contribution >= 4 is 6.16 Å². The zero-order chi connectivity index (χ0) is 15.0. The fourth-order valence-electron chi connectivity index (χ4n) is 1.86. The Morgan fingerprint density at radius 1 is 0.750 bits per heavy atom. The molecule has 2 rings (SSSR count). The lowest BCUT2D eigenvalue weighted by atomic mass is 9.91. The lowest BCUT2D eigenvalue weighted by Gasteiger charge is -2.19. The second-order valence-electron chi connectivity index (χ2n) is 4.00. The molecule has 0 radical (unpaired) electrons. The second kappa shape index (κ2) is 7.93. The summed E-state index contributed by atoms with van der Waals surface area (Å²) in [4.78, 5) is 8.56. The molecule has 0 fully saturated rings. The van der Waals surface area contributed by atoms with E-state index in [2.05, 4.69) is 0 Å². The Kier molecular flexibility index (Phi) is 6.22. The molecule has 0 aliphatic rings. The topological polar surface area (TPSA) is 98.0 Å². The Hall–Kier alpha value is -2.37. The summed E-state index contributed by atoms with van der Waals surface area (Å²) in [5.41, 5.74) is 1.81. The van der Waals surface area contributed by atoms with Crippen molar-refractivity contribution < 1.29 is 25.2 Å². The van der Waals surface area contributed by atoms with Crippen LogP contribution in [0.15, 0.2) is 60.7 Å². The Morgan fingerprint density at radius 2 is 1.05 bits per heavy atom. The molecule has 20 heavy (non-hydrogen) atoms. The van der Waals surface area contributed by atoms with Crippen LogP contribution >= 0.6 is 0 Å². The van der Waals surface area contributed by atoms with Crippen LogP contribution in [-0.4, -0.2) is 32.9 Å². The summed E-state index contributed by atoms with van der Waals surface area (Å²) in [7, 11) is 0. The van der Waals surface area contributed by atoms with Gasteiger partial charge in [0.05, 0.1) is 5.92 Å². The van der Waals surface area contributed by atoms with Crippen molar-refractivity contribution in [3.05, 3.63) is 71.8 Å². The highest BCUT2D eigenvalue weighted by atomic mass is 16.6. The van der Waals surface area contributed by atoms with Crippen molar-refractivity contribution in [3.63, 3.8) is 0 Å². The zero-order valence-electron chi connectivity index (χ0n) is 10.6. The third kappa shape index (κ3) is 5.09. The van der Waals surface area contributed by atoms with E-state index in [0.717, 1.165) is 11.1 Å². The summed E-state index contributed by atoms with van der Waals surface area (Å²) < 4.78 is 0. The maximum atomic E-state index is 9.47. The first kappa shape index (κ1) is 15.7. The van der Waals surface area contributed by atoms with Gasteiger partial charge < -0.3 is 20.4 Å². The molecule has 0 aliphatic carbocycles. The molecule has 0 amide bonds. The number of benzene rings is 2. The molecule has 0 atom stereocenters. The van der Waals surface area contributed by atoms with Crippen molar-refractivity contribution in [3.8, 4) is 0 Å². The molecule has 0 spiro atoms. The first-order chi connectivity index (χ1) is 9.52. The van der Waals surface area contributed by atoms with Crippen molar-refractivity contribution in [1.82, 2.24) is 0 Å². The van der Waals surface area contributed by atoms with E-state index in [4.69, 9.17) is 15.0 Å². The maximum absolute atomic E-state index is 9.47. The van der Waals surface area contributed by atoms with Crippen LogP contribution in [0.4, 0.5) is 4.79 Å². The number of carbonyl (C=O) groups is 1. The highest BCUT2D eigenvalue weighted by Crippen LogP contribution is 2.26. The predicted octanol–water partition coefficient (Wildman–Crippen LogP) is 2.35. The largest absolute Gasteiger partial charge is 0.503 e. The lowest BCUT2D eigenvalue weighted by molar-refractivity contribution is -0.0512.